The third-order valence-electron chi connectivity index (χ3n) is 7.71. The van der Waals surface area contributed by atoms with Crippen molar-refractivity contribution in [3.63, 3.8) is 0 Å². The van der Waals surface area contributed by atoms with Crippen LogP contribution in [0, 0.1) is 5.92 Å². The number of benzene rings is 2. The van der Waals surface area contributed by atoms with Gasteiger partial charge >= 0.3 is 5.97 Å². The van der Waals surface area contributed by atoms with Crippen LogP contribution in [0.2, 0.25) is 0 Å². The Morgan fingerprint density at radius 1 is 1.10 bits per heavy atom. The Balaban J connectivity index is 1.57. The van der Waals surface area contributed by atoms with Gasteiger partial charge in [-0.3, -0.25) is 4.79 Å². The van der Waals surface area contributed by atoms with Crippen molar-refractivity contribution in [3.8, 4) is 11.3 Å². The second-order valence-electron chi connectivity index (χ2n) is 11.4. The van der Waals surface area contributed by atoms with Crippen LogP contribution in [0.1, 0.15) is 84.2 Å². The second kappa shape index (κ2) is 11.5. The van der Waals surface area contributed by atoms with Gasteiger partial charge in [0, 0.05) is 20.3 Å². The molecule has 40 heavy (non-hydrogen) atoms. The number of esters is 1. The summed E-state index contributed by atoms with van der Waals surface area (Å²) in [5, 5.41) is 4.42. The van der Waals surface area contributed by atoms with E-state index in [-0.39, 0.29) is 23.9 Å². The third kappa shape index (κ3) is 5.72. The average molecular weight is 620 g/mol. The van der Waals surface area contributed by atoms with Crippen LogP contribution >= 0.6 is 27.3 Å². The minimum atomic E-state index is -0.368. The van der Waals surface area contributed by atoms with Gasteiger partial charge in [-0.2, -0.15) is 0 Å². The predicted octanol–water partition coefficient (Wildman–Crippen LogP) is 8.97. The number of amides is 1. The van der Waals surface area contributed by atoms with Crippen LogP contribution in [0.3, 0.4) is 0 Å². The number of pyridine rings is 1. The molecule has 1 amide bonds. The summed E-state index contributed by atoms with van der Waals surface area (Å²) in [5.74, 6) is -0.0417. The molecule has 4 aromatic rings. The van der Waals surface area contributed by atoms with Gasteiger partial charge in [0.15, 0.2) is 0 Å². The van der Waals surface area contributed by atoms with E-state index in [1.54, 1.807) is 6.92 Å². The zero-order chi connectivity index (χ0) is 28.6. The number of nitrogens with one attached hydrogen (secondary N) is 1. The van der Waals surface area contributed by atoms with Crippen molar-refractivity contribution >= 4 is 55.0 Å². The first-order valence-corrected chi connectivity index (χ1v) is 15.5. The lowest BCUT2D eigenvalue weighted by Crippen LogP contribution is -2.17. The van der Waals surface area contributed by atoms with Crippen LogP contribution in [0.15, 0.2) is 53.0 Å². The fraction of sp³-hybridized carbons (Fsp3) is 0.364. The number of ether oxygens (including phenoxy) is 1. The first kappa shape index (κ1) is 28.5. The molecule has 7 heteroatoms. The molecule has 1 aliphatic rings. The van der Waals surface area contributed by atoms with E-state index in [4.69, 9.17) is 9.72 Å². The Labute approximate surface area is 248 Å². The predicted molar refractivity (Wildman–Crippen MR) is 168 cm³/mol. The number of nitrogens with zero attached hydrogens (tertiary/aromatic N) is 1. The van der Waals surface area contributed by atoms with Crippen molar-refractivity contribution in [1.29, 1.82) is 0 Å². The van der Waals surface area contributed by atoms with E-state index in [1.807, 2.05) is 24.3 Å². The molecule has 208 valence electrons. The van der Waals surface area contributed by atoms with Crippen molar-refractivity contribution in [2.24, 2.45) is 5.92 Å². The molecule has 0 aliphatic heterocycles. The SMILES string of the molecule is CCOC(=O)c1c(NC(=O)c2cc(-c3ccc(C(C)(C)C)cc3)nc3ccc(Br)cc23)sc2c1CC[C@@H](CC)C2. The lowest BCUT2D eigenvalue weighted by Gasteiger charge is -2.20. The number of carbonyl (C=O) groups is 2. The lowest BCUT2D eigenvalue weighted by molar-refractivity contribution is 0.0526. The molecule has 0 spiro atoms. The molecule has 1 N–H and O–H groups in total. The molecule has 2 aromatic carbocycles. The van der Waals surface area contributed by atoms with Gasteiger partial charge in [0.25, 0.3) is 5.91 Å². The Morgan fingerprint density at radius 3 is 2.52 bits per heavy atom. The van der Waals surface area contributed by atoms with E-state index >= 15 is 0 Å². The van der Waals surface area contributed by atoms with Gasteiger partial charge in [-0.1, -0.05) is 74.3 Å². The number of hydrogen-bond acceptors (Lipinski definition) is 5. The maximum absolute atomic E-state index is 14.0. The van der Waals surface area contributed by atoms with Crippen molar-refractivity contribution < 1.29 is 14.3 Å². The van der Waals surface area contributed by atoms with Gasteiger partial charge in [0.1, 0.15) is 5.00 Å². The van der Waals surface area contributed by atoms with E-state index in [9.17, 15) is 9.59 Å². The fourth-order valence-corrected chi connectivity index (χ4v) is 7.06. The highest BCUT2D eigenvalue weighted by atomic mass is 79.9. The summed E-state index contributed by atoms with van der Waals surface area (Å²) >= 11 is 5.07. The second-order valence-corrected chi connectivity index (χ2v) is 13.5. The lowest BCUT2D eigenvalue weighted by atomic mass is 9.85. The van der Waals surface area contributed by atoms with E-state index in [1.165, 1.54) is 21.8 Å². The first-order valence-electron chi connectivity index (χ1n) is 13.9. The Bertz CT molecular complexity index is 1580. The summed E-state index contributed by atoms with van der Waals surface area (Å²) in [4.78, 5) is 33.1. The molecular formula is C33H35BrN2O3S. The number of hydrogen-bond donors (Lipinski definition) is 1. The highest BCUT2D eigenvalue weighted by Crippen LogP contribution is 2.41. The Morgan fingerprint density at radius 2 is 1.85 bits per heavy atom. The summed E-state index contributed by atoms with van der Waals surface area (Å²) in [5.41, 5.74) is 5.73. The number of carbonyl (C=O) groups excluding carboxylic acids is 2. The summed E-state index contributed by atoms with van der Waals surface area (Å²) in [6, 6.07) is 16.0. The average Bonchev–Trinajstić information content (AvgIpc) is 3.29. The van der Waals surface area contributed by atoms with Gasteiger partial charge in [-0.05, 0) is 72.9 Å². The molecule has 0 fully saturated rings. The molecule has 1 aliphatic carbocycles. The number of anilines is 1. The normalized spacial score (nSPS) is 15.1. The Kier molecular flexibility index (Phi) is 8.16. The molecule has 0 saturated heterocycles. The van der Waals surface area contributed by atoms with E-state index in [0.717, 1.165) is 57.9 Å². The molecular weight excluding hydrogens is 584 g/mol. The largest absolute Gasteiger partial charge is 0.462 e. The van der Waals surface area contributed by atoms with Gasteiger partial charge in [0.05, 0.1) is 28.9 Å². The number of halogens is 1. The Hall–Kier alpha value is -3.03. The summed E-state index contributed by atoms with van der Waals surface area (Å²) < 4.78 is 6.29. The summed E-state index contributed by atoms with van der Waals surface area (Å²) in [6.45, 7) is 10.9. The fourth-order valence-electron chi connectivity index (χ4n) is 5.36. The molecule has 0 saturated carbocycles. The standard InChI is InChI=1S/C33H35BrN2O3S/c1-6-19-8-14-23-28(16-19)40-31(29(23)32(38)39-7-2)36-30(37)25-18-27(35-26-15-13-22(34)17-24(25)26)20-9-11-21(12-10-20)33(3,4)5/h9-13,15,17-19H,6-8,14,16H2,1-5H3,(H,36,37)/t19-/m1/s1. The van der Waals surface area contributed by atoms with Crippen LogP contribution < -0.4 is 5.32 Å². The molecule has 0 bridgehead atoms. The van der Waals surface area contributed by atoms with E-state index in [2.05, 4.69) is 73.2 Å². The van der Waals surface area contributed by atoms with Gasteiger partial charge < -0.3 is 10.1 Å². The quantitative estimate of drug-likeness (QED) is 0.219. The molecule has 5 nitrogen and oxygen atoms in total. The van der Waals surface area contributed by atoms with Crippen molar-refractivity contribution in [2.75, 3.05) is 11.9 Å². The summed E-state index contributed by atoms with van der Waals surface area (Å²) in [7, 11) is 0. The zero-order valence-electron chi connectivity index (χ0n) is 23.7. The van der Waals surface area contributed by atoms with Crippen molar-refractivity contribution in [3.05, 3.63) is 80.1 Å². The molecule has 2 aromatic heterocycles. The van der Waals surface area contributed by atoms with E-state index < -0.39 is 0 Å². The molecule has 0 radical (unpaired) electrons. The maximum Gasteiger partial charge on any atom is 0.341 e. The van der Waals surface area contributed by atoms with E-state index in [0.29, 0.717) is 22.0 Å². The van der Waals surface area contributed by atoms with Crippen molar-refractivity contribution in [1.82, 2.24) is 4.98 Å². The minimum absolute atomic E-state index is 0.0420. The highest BCUT2D eigenvalue weighted by Gasteiger charge is 2.30. The smallest absolute Gasteiger partial charge is 0.341 e. The van der Waals surface area contributed by atoms with Crippen LogP contribution in [0.5, 0.6) is 0 Å². The van der Waals surface area contributed by atoms with Crippen LogP contribution in [0.4, 0.5) is 5.00 Å². The van der Waals surface area contributed by atoms with Crippen LogP contribution in [0.25, 0.3) is 22.2 Å². The number of aromatic nitrogens is 1. The van der Waals surface area contributed by atoms with Gasteiger partial charge in [-0.25, -0.2) is 9.78 Å². The molecule has 5 rings (SSSR count). The van der Waals surface area contributed by atoms with Crippen molar-refractivity contribution in [2.45, 2.75) is 65.7 Å². The number of rotatable bonds is 6. The monoisotopic (exact) mass is 618 g/mol. The molecule has 1 atom stereocenters. The van der Waals surface area contributed by atoms with Gasteiger partial charge in [-0.15, -0.1) is 11.3 Å². The third-order valence-corrected chi connectivity index (χ3v) is 9.38. The maximum atomic E-state index is 14.0. The minimum Gasteiger partial charge on any atom is -0.462 e. The first-order chi connectivity index (χ1) is 19.1. The number of thiophene rings is 1. The van der Waals surface area contributed by atoms with Gasteiger partial charge in [0.2, 0.25) is 0 Å². The molecule has 0 unspecified atom stereocenters. The highest BCUT2D eigenvalue weighted by molar-refractivity contribution is 9.10. The van der Waals surface area contributed by atoms with Crippen LogP contribution in [-0.4, -0.2) is 23.5 Å². The number of fused-ring (bicyclic) bond motifs is 2. The zero-order valence-corrected chi connectivity index (χ0v) is 26.1. The topological polar surface area (TPSA) is 68.3 Å². The molecule has 2 heterocycles. The van der Waals surface area contributed by atoms with Crippen LogP contribution in [-0.2, 0) is 23.0 Å². The summed E-state index contributed by atoms with van der Waals surface area (Å²) in [6.07, 6.45) is 3.90.